The minimum Gasteiger partial charge on any atom is -0.352 e. The lowest BCUT2D eigenvalue weighted by Crippen LogP contribution is -2.30. The highest BCUT2D eigenvalue weighted by atomic mass is 16.2. The molecule has 138 valence electrons. The first-order chi connectivity index (χ1) is 12.5. The molecule has 0 aliphatic rings. The van der Waals surface area contributed by atoms with Gasteiger partial charge in [-0.15, -0.1) is 0 Å². The van der Waals surface area contributed by atoms with Crippen LogP contribution in [0.1, 0.15) is 33.5 Å². The lowest BCUT2D eigenvalue weighted by molar-refractivity contribution is -0.121. The van der Waals surface area contributed by atoms with Gasteiger partial charge in [0.2, 0.25) is 5.91 Å². The zero-order chi connectivity index (χ0) is 18.9. The smallest absolute Gasteiger partial charge is 0.251 e. The van der Waals surface area contributed by atoms with E-state index in [0.717, 1.165) is 17.7 Å². The van der Waals surface area contributed by atoms with E-state index in [2.05, 4.69) is 27.7 Å². The van der Waals surface area contributed by atoms with Gasteiger partial charge in [0.05, 0.1) is 0 Å². The van der Waals surface area contributed by atoms with Crippen molar-refractivity contribution in [1.29, 1.82) is 0 Å². The number of hydrogen-bond acceptors (Lipinski definition) is 3. The number of amides is 2. The van der Waals surface area contributed by atoms with Crippen molar-refractivity contribution >= 4 is 11.8 Å². The van der Waals surface area contributed by atoms with E-state index >= 15 is 0 Å². The van der Waals surface area contributed by atoms with E-state index in [1.165, 1.54) is 5.56 Å². The summed E-state index contributed by atoms with van der Waals surface area (Å²) in [4.78, 5) is 26.1. The maximum Gasteiger partial charge on any atom is 0.251 e. The van der Waals surface area contributed by atoms with Gasteiger partial charge in [-0.3, -0.25) is 9.59 Å². The van der Waals surface area contributed by atoms with Crippen LogP contribution in [-0.4, -0.2) is 37.4 Å². The van der Waals surface area contributed by atoms with Gasteiger partial charge in [0.25, 0.3) is 5.91 Å². The van der Waals surface area contributed by atoms with Crippen LogP contribution in [0.3, 0.4) is 0 Å². The Hall–Kier alpha value is -2.66. The molecule has 2 rings (SSSR count). The number of benzene rings is 2. The first-order valence-corrected chi connectivity index (χ1v) is 8.79. The molecule has 0 unspecified atom stereocenters. The van der Waals surface area contributed by atoms with Gasteiger partial charge >= 0.3 is 0 Å². The maximum atomic E-state index is 12.1. The SMILES string of the molecule is Cc1ccccc1C(=O)NCCC(=O)NCc1ccc(CN(C)C)cc1. The van der Waals surface area contributed by atoms with Crippen molar-refractivity contribution in [2.45, 2.75) is 26.4 Å². The predicted octanol–water partition coefficient (Wildman–Crippen LogP) is 2.49. The van der Waals surface area contributed by atoms with Crippen molar-refractivity contribution in [2.24, 2.45) is 0 Å². The second-order valence-electron chi connectivity index (χ2n) is 6.65. The Morgan fingerprint density at radius 3 is 2.23 bits per heavy atom. The molecule has 2 aromatic carbocycles. The van der Waals surface area contributed by atoms with E-state index < -0.39 is 0 Å². The van der Waals surface area contributed by atoms with E-state index in [4.69, 9.17) is 0 Å². The molecule has 0 radical (unpaired) electrons. The number of rotatable bonds is 8. The third-order valence-electron chi connectivity index (χ3n) is 4.04. The van der Waals surface area contributed by atoms with Gasteiger partial charge in [0.15, 0.2) is 0 Å². The molecule has 0 aliphatic carbocycles. The molecule has 0 saturated heterocycles. The molecule has 26 heavy (non-hydrogen) atoms. The largest absolute Gasteiger partial charge is 0.352 e. The Kier molecular flexibility index (Phi) is 7.36. The number of carbonyl (C=O) groups excluding carboxylic acids is 2. The van der Waals surface area contributed by atoms with E-state index in [0.29, 0.717) is 18.7 Å². The molecular weight excluding hydrogens is 326 g/mol. The van der Waals surface area contributed by atoms with Gasteiger partial charge in [-0.1, -0.05) is 42.5 Å². The molecule has 2 aromatic rings. The van der Waals surface area contributed by atoms with Crippen LogP contribution in [0.15, 0.2) is 48.5 Å². The second kappa shape index (κ2) is 9.73. The van der Waals surface area contributed by atoms with Crippen molar-refractivity contribution in [1.82, 2.24) is 15.5 Å². The Bertz CT molecular complexity index is 739. The average molecular weight is 353 g/mol. The van der Waals surface area contributed by atoms with Crippen LogP contribution in [0.5, 0.6) is 0 Å². The second-order valence-corrected chi connectivity index (χ2v) is 6.65. The van der Waals surface area contributed by atoms with Crippen molar-refractivity contribution in [3.8, 4) is 0 Å². The molecule has 5 nitrogen and oxygen atoms in total. The molecule has 0 aliphatic heterocycles. The topological polar surface area (TPSA) is 61.4 Å². The standard InChI is InChI=1S/C21H27N3O2/c1-16-6-4-5-7-19(16)21(26)22-13-12-20(25)23-14-17-8-10-18(11-9-17)15-24(2)3/h4-11H,12-15H2,1-3H3,(H,22,26)(H,23,25). The van der Waals surface area contributed by atoms with Crippen LogP contribution in [0.2, 0.25) is 0 Å². The van der Waals surface area contributed by atoms with Gasteiger partial charge < -0.3 is 15.5 Å². The summed E-state index contributed by atoms with van der Waals surface area (Å²) in [7, 11) is 4.07. The number of carbonyl (C=O) groups is 2. The Morgan fingerprint density at radius 2 is 1.58 bits per heavy atom. The zero-order valence-electron chi connectivity index (χ0n) is 15.7. The van der Waals surface area contributed by atoms with Crippen LogP contribution in [-0.2, 0) is 17.9 Å². The molecule has 2 amide bonds. The quantitative estimate of drug-likeness (QED) is 0.766. The maximum absolute atomic E-state index is 12.1. The summed E-state index contributed by atoms with van der Waals surface area (Å²) in [6, 6.07) is 15.6. The normalized spacial score (nSPS) is 10.6. The van der Waals surface area contributed by atoms with E-state index in [1.807, 2.05) is 51.4 Å². The number of nitrogens with zero attached hydrogens (tertiary/aromatic N) is 1. The van der Waals surface area contributed by atoms with Crippen LogP contribution < -0.4 is 10.6 Å². The summed E-state index contributed by atoms with van der Waals surface area (Å²) in [5.41, 5.74) is 3.87. The summed E-state index contributed by atoms with van der Waals surface area (Å²) in [6.07, 6.45) is 0.260. The molecule has 0 heterocycles. The van der Waals surface area contributed by atoms with Crippen LogP contribution in [0.25, 0.3) is 0 Å². The minimum atomic E-state index is -0.146. The third-order valence-corrected chi connectivity index (χ3v) is 4.04. The Labute approximate surface area is 155 Å². The molecule has 0 atom stereocenters. The van der Waals surface area contributed by atoms with E-state index in [-0.39, 0.29) is 18.2 Å². The van der Waals surface area contributed by atoms with Gasteiger partial charge in [0.1, 0.15) is 0 Å². The fraction of sp³-hybridized carbons (Fsp3) is 0.333. The van der Waals surface area contributed by atoms with E-state index in [1.54, 1.807) is 6.07 Å². The van der Waals surface area contributed by atoms with E-state index in [9.17, 15) is 9.59 Å². The molecule has 0 spiro atoms. The summed E-state index contributed by atoms with van der Waals surface area (Å²) in [6.45, 7) is 3.60. The summed E-state index contributed by atoms with van der Waals surface area (Å²) < 4.78 is 0. The first-order valence-electron chi connectivity index (χ1n) is 8.79. The Balaban J connectivity index is 1.70. The Morgan fingerprint density at radius 1 is 0.923 bits per heavy atom. The summed E-state index contributed by atoms with van der Waals surface area (Å²) in [5.74, 6) is -0.222. The predicted molar refractivity (Wildman–Crippen MR) is 104 cm³/mol. The highest BCUT2D eigenvalue weighted by molar-refractivity contribution is 5.95. The molecular formula is C21H27N3O2. The number of nitrogens with one attached hydrogen (secondary N) is 2. The molecule has 0 fully saturated rings. The van der Waals surface area contributed by atoms with Crippen molar-refractivity contribution in [3.63, 3.8) is 0 Å². The fourth-order valence-corrected chi connectivity index (χ4v) is 2.63. The molecule has 0 saturated carbocycles. The third kappa shape index (κ3) is 6.33. The van der Waals surface area contributed by atoms with Crippen LogP contribution >= 0.6 is 0 Å². The highest BCUT2D eigenvalue weighted by Crippen LogP contribution is 2.07. The minimum absolute atomic E-state index is 0.0764. The molecule has 5 heteroatoms. The molecule has 0 bridgehead atoms. The lowest BCUT2D eigenvalue weighted by Gasteiger charge is -2.11. The van der Waals surface area contributed by atoms with Gasteiger partial charge in [-0.05, 0) is 43.8 Å². The summed E-state index contributed by atoms with van der Waals surface area (Å²) >= 11 is 0. The fourth-order valence-electron chi connectivity index (χ4n) is 2.63. The van der Waals surface area contributed by atoms with Gasteiger partial charge in [0, 0.05) is 31.6 Å². The van der Waals surface area contributed by atoms with Gasteiger partial charge in [-0.2, -0.15) is 0 Å². The lowest BCUT2D eigenvalue weighted by atomic mass is 10.1. The zero-order valence-corrected chi connectivity index (χ0v) is 15.7. The number of hydrogen-bond donors (Lipinski definition) is 2. The van der Waals surface area contributed by atoms with Crippen molar-refractivity contribution in [3.05, 3.63) is 70.8 Å². The van der Waals surface area contributed by atoms with Crippen LogP contribution in [0.4, 0.5) is 0 Å². The van der Waals surface area contributed by atoms with Crippen LogP contribution in [0, 0.1) is 6.92 Å². The number of aryl methyl sites for hydroxylation is 1. The average Bonchev–Trinajstić information content (AvgIpc) is 2.61. The monoisotopic (exact) mass is 353 g/mol. The van der Waals surface area contributed by atoms with Gasteiger partial charge in [-0.25, -0.2) is 0 Å². The van der Waals surface area contributed by atoms with Crippen molar-refractivity contribution < 1.29 is 9.59 Å². The first kappa shape index (κ1) is 19.7. The highest BCUT2D eigenvalue weighted by Gasteiger charge is 2.08. The summed E-state index contributed by atoms with van der Waals surface area (Å²) in [5, 5.41) is 5.67. The molecule has 2 N–H and O–H groups in total. The van der Waals surface area contributed by atoms with Crippen molar-refractivity contribution in [2.75, 3.05) is 20.6 Å². The molecule has 0 aromatic heterocycles.